The van der Waals surface area contributed by atoms with Gasteiger partial charge in [-0.05, 0) is 19.3 Å². The second-order valence-corrected chi connectivity index (χ2v) is 2.89. The molecule has 0 radical (unpaired) electrons. The monoisotopic (exact) mass is 156 g/mol. The van der Waals surface area contributed by atoms with Crippen LogP contribution in [0.15, 0.2) is 0 Å². The van der Waals surface area contributed by atoms with Crippen LogP contribution in [-0.2, 0) is 9.59 Å². The summed E-state index contributed by atoms with van der Waals surface area (Å²) in [7, 11) is 0. The van der Waals surface area contributed by atoms with E-state index in [9.17, 15) is 9.59 Å². The van der Waals surface area contributed by atoms with Crippen LogP contribution in [0.3, 0.4) is 0 Å². The summed E-state index contributed by atoms with van der Waals surface area (Å²) in [6, 6.07) is 0. The molecule has 0 spiro atoms. The molecule has 0 aliphatic heterocycles. The molecule has 0 N–H and O–H groups in total. The highest BCUT2D eigenvalue weighted by Gasteiger charge is 2.24. The third kappa shape index (κ3) is 2.83. The lowest BCUT2D eigenvalue weighted by atomic mass is 9.80. The largest absolute Gasteiger partial charge is 0.303 e. The van der Waals surface area contributed by atoms with Gasteiger partial charge in [0.1, 0.15) is 12.6 Å². The first-order chi connectivity index (χ1) is 5.24. The van der Waals surface area contributed by atoms with Crippen LogP contribution < -0.4 is 0 Å². The summed E-state index contributed by atoms with van der Waals surface area (Å²) in [5.74, 6) is 0. The van der Waals surface area contributed by atoms with Crippen LogP contribution in [0, 0.1) is 5.41 Å². The normalized spacial score (nSPS) is 11.1. The number of hydrogen-bond donors (Lipinski definition) is 0. The molecule has 0 saturated carbocycles. The SMILES string of the molecule is CCC(C=O)(CC)CCC=O. The molecular formula is C9H16O2. The summed E-state index contributed by atoms with van der Waals surface area (Å²) in [6.07, 6.45) is 4.75. The van der Waals surface area contributed by atoms with Crippen molar-refractivity contribution in [1.29, 1.82) is 0 Å². The van der Waals surface area contributed by atoms with Gasteiger partial charge in [0.05, 0.1) is 0 Å². The molecule has 0 heterocycles. The van der Waals surface area contributed by atoms with Crippen molar-refractivity contribution < 1.29 is 9.59 Å². The molecule has 0 aromatic carbocycles. The van der Waals surface area contributed by atoms with Crippen molar-refractivity contribution in [3.63, 3.8) is 0 Å². The van der Waals surface area contributed by atoms with E-state index in [1.807, 2.05) is 13.8 Å². The molecule has 0 aliphatic rings. The van der Waals surface area contributed by atoms with Crippen molar-refractivity contribution in [2.24, 2.45) is 5.41 Å². The zero-order chi connectivity index (χ0) is 8.74. The fourth-order valence-corrected chi connectivity index (χ4v) is 1.18. The molecule has 0 aromatic heterocycles. The molecule has 0 unspecified atom stereocenters. The third-order valence-corrected chi connectivity index (χ3v) is 2.42. The van der Waals surface area contributed by atoms with Crippen molar-refractivity contribution in [1.82, 2.24) is 0 Å². The second kappa shape index (κ2) is 5.05. The minimum Gasteiger partial charge on any atom is -0.303 e. The number of carbonyl (C=O) groups excluding carboxylic acids is 2. The molecule has 0 saturated heterocycles. The Labute approximate surface area is 68.0 Å². The van der Waals surface area contributed by atoms with Crippen LogP contribution in [0.5, 0.6) is 0 Å². The quantitative estimate of drug-likeness (QED) is 0.551. The first-order valence-electron chi connectivity index (χ1n) is 4.14. The van der Waals surface area contributed by atoms with Crippen LogP contribution in [0.2, 0.25) is 0 Å². The average molecular weight is 156 g/mol. The van der Waals surface area contributed by atoms with E-state index < -0.39 is 0 Å². The van der Waals surface area contributed by atoms with Gasteiger partial charge in [-0.15, -0.1) is 0 Å². The van der Waals surface area contributed by atoms with Crippen LogP contribution in [0.4, 0.5) is 0 Å². The lowest BCUT2D eigenvalue weighted by Gasteiger charge is -2.23. The predicted octanol–water partition coefficient (Wildman–Crippen LogP) is 1.97. The van der Waals surface area contributed by atoms with E-state index in [1.165, 1.54) is 0 Å². The maximum atomic E-state index is 10.7. The van der Waals surface area contributed by atoms with E-state index in [1.54, 1.807) is 0 Å². The number of aldehydes is 2. The van der Waals surface area contributed by atoms with Gasteiger partial charge in [-0.2, -0.15) is 0 Å². The Kier molecular flexibility index (Phi) is 4.75. The summed E-state index contributed by atoms with van der Waals surface area (Å²) in [5.41, 5.74) is -0.235. The van der Waals surface area contributed by atoms with E-state index >= 15 is 0 Å². The van der Waals surface area contributed by atoms with Gasteiger partial charge in [-0.3, -0.25) is 0 Å². The van der Waals surface area contributed by atoms with Gasteiger partial charge in [0.15, 0.2) is 0 Å². The summed E-state index contributed by atoms with van der Waals surface area (Å²) < 4.78 is 0. The number of hydrogen-bond acceptors (Lipinski definition) is 2. The van der Waals surface area contributed by atoms with Crippen molar-refractivity contribution in [3.05, 3.63) is 0 Å². The molecule has 0 rings (SSSR count). The van der Waals surface area contributed by atoms with Crippen molar-refractivity contribution in [3.8, 4) is 0 Å². The first kappa shape index (κ1) is 10.3. The van der Waals surface area contributed by atoms with Crippen LogP contribution in [-0.4, -0.2) is 12.6 Å². The standard InChI is InChI=1S/C9H16O2/c1-3-9(4-2,8-11)6-5-7-10/h7-8H,3-6H2,1-2H3. The molecule has 0 bridgehead atoms. The van der Waals surface area contributed by atoms with Gasteiger partial charge in [0, 0.05) is 11.8 Å². The van der Waals surface area contributed by atoms with Gasteiger partial charge in [0.25, 0.3) is 0 Å². The zero-order valence-corrected chi connectivity index (χ0v) is 7.30. The molecule has 0 aromatic rings. The third-order valence-electron chi connectivity index (χ3n) is 2.42. The van der Waals surface area contributed by atoms with Crippen molar-refractivity contribution in [2.45, 2.75) is 39.5 Å². The van der Waals surface area contributed by atoms with Crippen LogP contribution >= 0.6 is 0 Å². The lowest BCUT2D eigenvalue weighted by molar-refractivity contribution is -0.117. The van der Waals surface area contributed by atoms with Gasteiger partial charge in [-0.1, -0.05) is 13.8 Å². The Hall–Kier alpha value is -0.660. The molecule has 0 amide bonds. The number of rotatable bonds is 6. The summed E-state index contributed by atoms with van der Waals surface area (Å²) in [4.78, 5) is 20.8. The topological polar surface area (TPSA) is 34.1 Å². The predicted molar refractivity (Wildman–Crippen MR) is 44.4 cm³/mol. The van der Waals surface area contributed by atoms with Crippen molar-refractivity contribution in [2.75, 3.05) is 0 Å². The first-order valence-corrected chi connectivity index (χ1v) is 4.14. The second-order valence-electron chi connectivity index (χ2n) is 2.89. The maximum absolute atomic E-state index is 10.7. The fraction of sp³-hybridized carbons (Fsp3) is 0.778. The Bertz CT molecular complexity index is 126. The number of carbonyl (C=O) groups is 2. The molecule has 64 valence electrons. The van der Waals surface area contributed by atoms with Gasteiger partial charge < -0.3 is 9.59 Å². The molecule has 0 fully saturated rings. The van der Waals surface area contributed by atoms with E-state index in [4.69, 9.17) is 0 Å². The molecular weight excluding hydrogens is 140 g/mol. The summed E-state index contributed by atoms with van der Waals surface area (Å²) in [5, 5.41) is 0. The van der Waals surface area contributed by atoms with Crippen molar-refractivity contribution >= 4 is 12.6 Å². The van der Waals surface area contributed by atoms with E-state index in [2.05, 4.69) is 0 Å². The molecule has 0 atom stereocenters. The minimum atomic E-state index is -0.235. The highest BCUT2D eigenvalue weighted by molar-refractivity contribution is 5.60. The van der Waals surface area contributed by atoms with E-state index in [-0.39, 0.29) is 5.41 Å². The average Bonchev–Trinajstić information content (AvgIpc) is 2.08. The molecule has 0 aliphatic carbocycles. The Morgan fingerprint density at radius 3 is 2.00 bits per heavy atom. The smallest absolute Gasteiger partial charge is 0.126 e. The Morgan fingerprint density at radius 1 is 1.18 bits per heavy atom. The Balaban J connectivity index is 4.04. The summed E-state index contributed by atoms with van der Waals surface area (Å²) >= 11 is 0. The maximum Gasteiger partial charge on any atom is 0.126 e. The Morgan fingerprint density at radius 2 is 1.73 bits per heavy atom. The van der Waals surface area contributed by atoms with E-state index in [0.29, 0.717) is 12.8 Å². The van der Waals surface area contributed by atoms with Gasteiger partial charge >= 0.3 is 0 Å². The molecule has 11 heavy (non-hydrogen) atoms. The van der Waals surface area contributed by atoms with Crippen LogP contribution in [0.1, 0.15) is 39.5 Å². The van der Waals surface area contributed by atoms with Gasteiger partial charge in [0.2, 0.25) is 0 Å². The molecule has 2 heteroatoms. The zero-order valence-electron chi connectivity index (χ0n) is 7.30. The fourth-order valence-electron chi connectivity index (χ4n) is 1.18. The van der Waals surface area contributed by atoms with Crippen LogP contribution in [0.25, 0.3) is 0 Å². The molecule has 2 nitrogen and oxygen atoms in total. The summed E-state index contributed by atoms with van der Waals surface area (Å²) in [6.45, 7) is 3.98. The highest BCUT2D eigenvalue weighted by Crippen LogP contribution is 2.28. The van der Waals surface area contributed by atoms with E-state index in [0.717, 1.165) is 25.4 Å². The minimum absolute atomic E-state index is 0.235. The highest BCUT2D eigenvalue weighted by atomic mass is 16.1. The lowest BCUT2D eigenvalue weighted by Crippen LogP contribution is -2.20. The van der Waals surface area contributed by atoms with Gasteiger partial charge in [-0.25, -0.2) is 0 Å².